The Morgan fingerprint density at radius 1 is 1.20 bits per heavy atom. The van der Waals surface area contributed by atoms with Gasteiger partial charge in [0.2, 0.25) is 0 Å². The number of rotatable bonds is 2. The number of carbonyl (C=O) groups is 1. The number of methoxy groups -OCH3 is 1. The highest BCUT2D eigenvalue weighted by Gasteiger charge is 2.27. The normalized spacial score (nSPS) is 26.2. The molecule has 0 spiro atoms. The van der Waals surface area contributed by atoms with Crippen LogP contribution in [-0.4, -0.2) is 17.6 Å². The van der Waals surface area contributed by atoms with Gasteiger partial charge in [-0.2, -0.15) is 0 Å². The number of aromatic nitrogens is 1. The summed E-state index contributed by atoms with van der Waals surface area (Å²) in [5.74, 6) is 0.0859. The van der Waals surface area contributed by atoms with Crippen molar-refractivity contribution >= 4 is 5.97 Å². The minimum Gasteiger partial charge on any atom is -0.469 e. The van der Waals surface area contributed by atoms with Gasteiger partial charge >= 0.3 is 5.97 Å². The van der Waals surface area contributed by atoms with Crippen molar-refractivity contribution in [3.05, 3.63) is 24.5 Å². The van der Waals surface area contributed by atoms with E-state index in [1.807, 2.05) is 12.1 Å². The molecular formula is C12H17NO2. The summed E-state index contributed by atoms with van der Waals surface area (Å²) in [5, 5.41) is 0. The van der Waals surface area contributed by atoms with Crippen molar-refractivity contribution in [1.29, 1.82) is 0 Å². The molecule has 1 aromatic rings. The van der Waals surface area contributed by atoms with E-state index in [0.29, 0.717) is 6.04 Å². The predicted octanol–water partition coefficient (Wildman–Crippen LogP) is 2.39. The average molecular weight is 207 g/mol. The van der Waals surface area contributed by atoms with Gasteiger partial charge in [-0.1, -0.05) is 0 Å². The van der Waals surface area contributed by atoms with Crippen LogP contribution in [0.4, 0.5) is 0 Å². The quantitative estimate of drug-likeness (QED) is 0.697. The summed E-state index contributed by atoms with van der Waals surface area (Å²) in [6.07, 6.45) is 8.26. The summed E-state index contributed by atoms with van der Waals surface area (Å²) in [4.78, 5) is 11.3. The van der Waals surface area contributed by atoms with Crippen molar-refractivity contribution in [3.63, 3.8) is 0 Å². The summed E-state index contributed by atoms with van der Waals surface area (Å²) in [5.41, 5.74) is 0. The molecule has 3 nitrogen and oxygen atoms in total. The smallest absolute Gasteiger partial charge is 0.308 e. The van der Waals surface area contributed by atoms with Crippen LogP contribution < -0.4 is 0 Å². The van der Waals surface area contributed by atoms with Gasteiger partial charge in [0.1, 0.15) is 0 Å². The zero-order valence-electron chi connectivity index (χ0n) is 9.06. The highest BCUT2D eigenvalue weighted by Crippen LogP contribution is 2.32. The van der Waals surface area contributed by atoms with Gasteiger partial charge < -0.3 is 9.30 Å². The number of hydrogen-bond acceptors (Lipinski definition) is 2. The highest BCUT2D eigenvalue weighted by molar-refractivity contribution is 5.72. The SMILES string of the molecule is COC(=O)C1CCC(n2cccc2)CC1. The van der Waals surface area contributed by atoms with Gasteiger partial charge in [0.15, 0.2) is 0 Å². The first-order valence-electron chi connectivity index (χ1n) is 5.51. The van der Waals surface area contributed by atoms with Gasteiger partial charge in [0, 0.05) is 18.4 Å². The molecule has 0 unspecified atom stereocenters. The number of esters is 1. The van der Waals surface area contributed by atoms with E-state index in [9.17, 15) is 4.79 Å². The van der Waals surface area contributed by atoms with Crippen molar-refractivity contribution in [3.8, 4) is 0 Å². The van der Waals surface area contributed by atoms with Gasteiger partial charge in [-0.05, 0) is 37.8 Å². The molecule has 1 fully saturated rings. The van der Waals surface area contributed by atoms with Crippen LogP contribution >= 0.6 is 0 Å². The lowest BCUT2D eigenvalue weighted by Crippen LogP contribution is -2.23. The van der Waals surface area contributed by atoms with E-state index in [-0.39, 0.29) is 11.9 Å². The summed E-state index contributed by atoms with van der Waals surface area (Å²) in [6, 6.07) is 4.67. The van der Waals surface area contributed by atoms with Crippen LogP contribution in [0.2, 0.25) is 0 Å². The molecule has 1 aliphatic carbocycles. The van der Waals surface area contributed by atoms with Crippen LogP contribution in [-0.2, 0) is 9.53 Å². The molecule has 1 aliphatic rings. The first kappa shape index (κ1) is 10.3. The standard InChI is InChI=1S/C12H17NO2/c1-15-12(14)10-4-6-11(7-5-10)13-8-2-3-9-13/h2-3,8-11H,4-7H2,1H3. The van der Waals surface area contributed by atoms with E-state index in [0.717, 1.165) is 25.7 Å². The Hall–Kier alpha value is -1.25. The van der Waals surface area contributed by atoms with Crippen LogP contribution in [0.5, 0.6) is 0 Å². The molecule has 1 saturated carbocycles. The molecule has 0 aromatic carbocycles. The van der Waals surface area contributed by atoms with E-state index in [4.69, 9.17) is 4.74 Å². The third-order valence-corrected chi connectivity index (χ3v) is 3.28. The Labute approximate surface area is 90.0 Å². The Morgan fingerprint density at radius 3 is 2.33 bits per heavy atom. The van der Waals surface area contributed by atoms with Crippen LogP contribution in [0, 0.1) is 5.92 Å². The lowest BCUT2D eigenvalue weighted by molar-refractivity contribution is -0.146. The molecule has 1 aromatic heterocycles. The van der Waals surface area contributed by atoms with Crippen LogP contribution in [0.15, 0.2) is 24.5 Å². The zero-order chi connectivity index (χ0) is 10.7. The second-order valence-corrected chi connectivity index (χ2v) is 4.16. The molecule has 82 valence electrons. The molecule has 0 bridgehead atoms. The monoisotopic (exact) mass is 207 g/mol. The molecule has 0 radical (unpaired) electrons. The molecule has 15 heavy (non-hydrogen) atoms. The predicted molar refractivity (Wildman–Crippen MR) is 57.4 cm³/mol. The van der Waals surface area contributed by atoms with Gasteiger partial charge in [0.05, 0.1) is 13.0 Å². The molecule has 2 rings (SSSR count). The van der Waals surface area contributed by atoms with E-state index in [1.54, 1.807) is 0 Å². The minimum absolute atomic E-state index is 0.0408. The van der Waals surface area contributed by atoms with Gasteiger partial charge in [-0.3, -0.25) is 4.79 Å². The van der Waals surface area contributed by atoms with Gasteiger partial charge in [0.25, 0.3) is 0 Å². The number of carbonyl (C=O) groups excluding carboxylic acids is 1. The maximum atomic E-state index is 11.3. The number of hydrogen-bond donors (Lipinski definition) is 0. The molecule has 3 heteroatoms. The van der Waals surface area contributed by atoms with E-state index in [2.05, 4.69) is 17.0 Å². The van der Waals surface area contributed by atoms with Gasteiger partial charge in [-0.25, -0.2) is 0 Å². The number of ether oxygens (including phenoxy) is 1. The summed E-state index contributed by atoms with van der Waals surface area (Å²) < 4.78 is 7.01. The lowest BCUT2D eigenvalue weighted by atomic mass is 9.86. The van der Waals surface area contributed by atoms with Crippen molar-refractivity contribution in [1.82, 2.24) is 4.57 Å². The Morgan fingerprint density at radius 2 is 1.80 bits per heavy atom. The topological polar surface area (TPSA) is 31.2 Å². The van der Waals surface area contributed by atoms with Crippen molar-refractivity contribution < 1.29 is 9.53 Å². The Balaban J connectivity index is 1.90. The third-order valence-electron chi connectivity index (χ3n) is 3.28. The van der Waals surface area contributed by atoms with Crippen molar-refractivity contribution in [2.75, 3.05) is 7.11 Å². The van der Waals surface area contributed by atoms with Crippen molar-refractivity contribution in [2.45, 2.75) is 31.7 Å². The molecule has 0 saturated heterocycles. The van der Waals surface area contributed by atoms with E-state index in [1.165, 1.54) is 7.11 Å². The fourth-order valence-electron chi connectivity index (χ4n) is 2.37. The van der Waals surface area contributed by atoms with Gasteiger partial charge in [-0.15, -0.1) is 0 Å². The first-order chi connectivity index (χ1) is 7.31. The third kappa shape index (κ3) is 2.22. The fourth-order valence-corrected chi connectivity index (χ4v) is 2.37. The summed E-state index contributed by atoms with van der Waals surface area (Å²) in [7, 11) is 1.47. The average Bonchev–Trinajstić information content (AvgIpc) is 2.82. The van der Waals surface area contributed by atoms with E-state index < -0.39 is 0 Å². The first-order valence-corrected chi connectivity index (χ1v) is 5.51. The second-order valence-electron chi connectivity index (χ2n) is 4.16. The Bertz CT molecular complexity index is 310. The molecule has 0 amide bonds. The number of nitrogens with zero attached hydrogens (tertiary/aromatic N) is 1. The summed E-state index contributed by atoms with van der Waals surface area (Å²) >= 11 is 0. The fraction of sp³-hybridized carbons (Fsp3) is 0.583. The maximum absolute atomic E-state index is 11.3. The summed E-state index contributed by atoms with van der Waals surface area (Å²) in [6.45, 7) is 0. The molecule has 0 N–H and O–H groups in total. The molecular weight excluding hydrogens is 190 g/mol. The van der Waals surface area contributed by atoms with Crippen LogP contribution in [0.1, 0.15) is 31.7 Å². The van der Waals surface area contributed by atoms with Crippen LogP contribution in [0.25, 0.3) is 0 Å². The molecule has 0 aliphatic heterocycles. The minimum atomic E-state index is -0.0408. The largest absolute Gasteiger partial charge is 0.469 e. The van der Waals surface area contributed by atoms with Crippen molar-refractivity contribution in [2.24, 2.45) is 5.92 Å². The molecule has 1 heterocycles. The lowest BCUT2D eigenvalue weighted by Gasteiger charge is -2.27. The molecule has 0 atom stereocenters. The Kier molecular flexibility index (Phi) is 3.09. The second kappa shape index (κ2) is 4.51. The highest BCUT2D eigenvalue weighted by atomic mass is 16.5. The van der Waals surface area contributed by atoms with Crippen LogP contribution in [0.3, 0.4) is 0 Å². The zero-order valence-corrected chi connectivity index (χ0v) is 9.06. The maximum Gasteiger partial charge on any atom is 0.308 e. The van der Waals surface area contributed by atoms with E-state index >= 15 is 0 Å².